The topological polar surface area (TPSA) is 28.4 Å². The number of hydrogen-bond donors (Lipinski definition) is 1. The van der Waals surface area contributed by atoms with Crippen molar-refractivity contribution in [3.63, 3.8) is 0 Å². The summed E-state index contributed by atoms with van der Waals surface area (Å²) < 4.78 is 16.3. The molecule has 0 fully saturated rings. The number of aromatic nitrogens is 1. The van der Waals surface area contributed by atoms with Crippen molar-refractivity contribution in [2.45, 2.75) is 12.6 Å². The molecule has 4 heteroatoms. The van der Waals surface area contributed by atoms with Gasteiger partial charge in [-0.15, -0.1) is 0 Å². The van der Waals surface area contributed by atoms with Crippen molar-refractivity contribution < 1.29 is 9.50 Å². The van der Waals surface area contributed by atoms with Gasteiger partial charge in [0.05, 0.1) is 0 Å². The predicted molar refractivity (Wildman–Crippen MR) is 98.9 cm³/mol. The average molecular weight is 338 g/mol. The number of likely N-dealkylation sites (N-methyl/N-ethyl adjacent to an activating group) is 1. The van der Waals surface area contributed by atoms with Crippen molar-refractivity contribution in [2.75, 3.05) is 20.6 Å². The summed E-state index contributed by atoms with van der Waals surface area (Å²) in [4.78, 5) is 1.95. The number of aliphatic hydroxyl groups excluding tert-OH is 1. The van der Waals surface area contributed by atoms with Gasteiger partial charge in [-0.2, -0.15) is 0 Å². The first kappa shape index (κ1) is 17.4. The molecule has 1 unspecified atom stereocenters. The zero-order chi connectivity index (χ0) is 17.8. The minimum absolute atomic E-state index is 0.227. The Morgan fingerprint density at radius 1 is 0.960 bits per heavy atom. The Bertz CT molecular complexity index is 841. The maximum absolute atomic E-state index is 14.2. The molecule has 0 spiro atoms. The van der Waals surface area contributed by atoms with Crippen LogP contribution in [-0.4, -0.2) is 35.2 Å². The van der Waals surface area contributed by atoms with Gasteiger partial charge in [0.15, 0.2) is 0 Å². The van der Waals surface area contributed by atoms with Crippen LogP contribution in [0.1, 0.15) is 17.4 Å². The summed E-state index contributed by atoms with van der Waals surface area (Å²) in [7, 11) is 3.87. The van der Waals surface area contributed by atoms with Gasteiger partial charge in [-0.05, 0) is 43.4 Å². The van der Waals surface area contributed by atoms with E-state index in [1.54, 1.807) is 12.1 Å². The molecule has 3 aromatic rings. The Morgan fingerprint density at radius 2 is 1.64 bits per heavy atom. The molecule has 0 aliphatic rings. The molecule has 0 saturated heterocycles. The van der Waals surface area contributed by atoms with Crippen LogP contribution < -0.4 is 0 Å². The Morgan fingerprint density at radius 3 is 2.36 bits per heavy atom. The zero-order valence-corrected chi connectivity index (χ0v) is 14.6. The molecule has 0 radical (unpaired) electrons. The highest BCUT2D eigenvalue weighted by molar-refractivity contribution is 5.67. The Balaban J connectivity index is 1.93. The second-order valence-corrected chi connectivity index (χ2v) is 6.48. The third-order valence-corrected chi connectivity index (χ3v) is 4.27. The monoisotopic (exact) mass is 338 g/mol. The Hall–Kier alpha value is -2.43. The molecule has 130 valence electrons. The first-order valence-corrected chi connectivity index (χ1v) is 8.37. The van der Waals surface area contributed by atoms with Gasteiger partial charge in [0.2, 0.25) is 0 Å². The average Bonchev–Trinajstić information content (AvgIpc) is 3.04. The van der Waals surface area contributed by atoms with E-state index in [4.69, 9.17) is 0 Å². The van der Waals surface area contributed by atoms with E-state index in [2.05, 4.69) is 0 Å². The SMILES string of the molecule is CN(C)CC(O)c1cccn1Cc1ccccc1-c1ccccc1F. The standard InChI is InChI=1S/C21H23FN2O/c1-23(2)15-21(25)20-12-7-13-24(20)14-16-8-3-4-9-17(16)18-10-5-6-11-19(18)22/h3-13,21,25H,14-15H2,1-2H3. The molecule has 0 bridgehead atoms. The van der Waals surface area contributed by atoms with Crippen molar-refractivity contribution in [1.29, 1.82) is 0 Å². The summed E-state index contributed by atoms with van der Waals surface area (Å²) in [6.45, 7) is 1.14. The normalized spacial score (nSPS) is 12.5. The summed E-state index contributed by atoms with van der Waals surface area (Å²) in [5.74, 6) is -0.227. The minimum Gasteiger partial charge on any atom is -0.386 e. The maximum atomic E-state index is 14.2. The van der Waals surface area contributed by atoms with E-state index in [9.17, 15) is 9.50 Å². The van der Waals surface area contributed by atoms with Crippen LogP contribution >= 0.6 is 0 Å². The molecular formula is C21H23FN2O. The van der Waals surface area contributed by atoms with Crippen LogP contribution in [0.4, 0.5) is 4.39 Å². The number of aliphatic hydroxyl groups is 1. The van der Waals surface area contributed by atoms with E-state index in [1.165, 1.54) is 6.07 Å². The zero-order valence-electron chi connectivity index (χ0n) is 14.6. The fraction of sp³-hybridized carbons (Fsp3) is 0.238. The van der Waals surface area contributed by atoms with Gasteiger partial charge < -0.3 is 14.6 Å². The number of benzene rings is 2. The van der Waals surface area contributed by atoms with Crippen LogP contribution in [0.3, 0.4) is 0 Å². The van der Waals surface area contributed by atoms with Crippen LogP contribution in [-0.2, 0) is 6.54 Å². The van der Waals surface area contributed by atoms with Gasteiger partial charge >= 0.3 is 0 Å². The van der Waals surface area contributed by atoms with E-state index in [0.717, 1.165) is 16.8 Å². The number of halogens is 1. The first-order valence-electron chi connectivity index (χ1n) is 8.37. The molecule has 0 amide bonds. The molecule has 0 saturated carbocycles. The molecule has 0 aliphatic heterocycles. The molecule has 1 atom stereocenters. The molecule has 1 heterocycles. The van der Waals surface area contributed by atoms with Crippen LogP contribution in [0.25, 0.3) is 11.1 Å². The smallest absolute Gasteiger partial charge is 0.131 e. The van der Waals surface area contributed by atoms with E-state index in [1.807, 2.05) is 72.2 Å². The molecule has 0 aliphatic carbocycles. The highest BCUT2D eigenvalue weighted by Crippen LogP contribution is 2.27. The Kier molecular flexibility index (Phi) is 5.31. The number of hydrogen-bond acceptors (Lipinski definition) is 2. The van der Waals surface area contributed by atoms with E-state index < -0.39 is 6.10 Å². The minimum atomic E-state index is -0.564. The predicted octanol–water partition coefficient (Wildman–Crippen LogP) is 3.94. The van der Waals surface area contributed by atoms with Gasteiger partial charge in [0, 0.05) is 30.5 Å². The summed E-state index contributed by atoms with van der Waals surface area (Å²) in [5, 5.41) is 10.4. The molecule has 3 rings (SSSR count). The second-order valence-electron chi connectivity index (χ2n) is 6.48. The highest BCUT2D eigenvalue weighted by Gasteiger charge is 2.15. The van der Waals surface area contributed by atoms with Crippen LogP contribution in [0.5, 0.6) is 0 Å². The lowest BCUT2D eigenvalue weighted by Gasteiger charge is -2.19. The summed E-state index contributed by atoms with van der Waals surface area (Å²) >= 11 is 0. The van der Waals surface area contributed by atoms with Crippen LogP contribution in [0.15, 0.2) is 66.9 Å². The lowest BCUT2D eigenvalue weighted by atomic mass is 9.99. The second kappa shape index (κ2) is 7.64. The van der Waals surface area contributed by atoms with Gasteiger partial charge in [-0.25, -0.2) is 4.39 Å². The maximum Gasteiger partial charge on any atom is 0.131 e. The number of rotatable bonds is 6. The van der Waals surface area contributed by atoms with E-state index in [0.29, 0.717) is 18.7 Å². The van der Waals surface area contributed by atoms with E-state index >= 15 is 0 Å². The van der Waals surface area contributed by atoms with Gasteiger partial charge in [-0.1, -0.05) is 42.5 Å². The fourth-order valence-electron chi connectivity index (χ4n) is 3.10. The largest absolute Gasteiger partial charge is 0.386 e. The molecule has 1 N–H and O–H groups in total. The quantitative estimate of drug-likeness (QED) is 0.737. The van der Waals surface area contributed by atoms with Crippen molar-refractivity contribution in [1.82, 2.24) is 9.47 Å². The van der Waals surface area contributed by atoms with E-state index in [-0.39, 0.29) is 5.82 Å². The van der Waals surface area contributed by atoms with Crippen LogP contribution in [0.2, 0.25) is 0 Å². The van der Waals surface area contributed by atoms with Crippen LogP contribution in [0, 0.1) is 5.82 Å². The van der Waals surface area contributed by atoms with Gasteiger partial charge in [0.1, 0.15) is 11.9 Å². The van der Waals surface area contributed by atoms with Gasteiger partial charge in [0.25, 0.3) is 0 Å². The lowest BCUT2D eigenvalue weighted by molar-refractivity contribution is 0.131. The molecular weight excluding hydrogens is 315 g/mol. The fourth-order valence-corrected chi connectivity index (χ4v) is 3.10. The summed E-state index contributed by atoms with van der Waals surface area (Å²) in [6.07, 6.45) is 1.39. The van der Waals surface area contributed by atoms with Crippen molar-refractivity contribution in [3.05, 3.63) is 83.9 Å². The molecule has 2 aromatic carbocycles. The summed E-state index contributed by atoms with van der Waals surface area (Å²) in [5.41, 5.74) is 3.35. The molecule has 25 heavy (non-hydrogen) atoms. The highest BCUT2D eigenvalue weighted by atomic mass is 19.1. The Labute approximate surface area is 148 Å². The third-order valence-electron chi connectivity index (χ3n) is 4.27. The first-order chi connectivity index (χ1) is 12.1. The van der Waals surface area contributed by atoms with Crippen molar-refractivity contribution in [3.8, 4) is 11.1 Å². The van der Waals surface area contributed by atoms with Crippen molar-refractivity contribution in [2.24, 2.45) is 0 Å². The lowest BCUT2D eigenvalue weighted by Crippen LogP contribution is -2.22. The third kappa shape index (κ3) is 3.98. The van der Waals surface area contributed by atoms with Crippen molar-refractivity contribution >= 4 is 0 Å². The van der Waals surface area contributed by atoms with Gasteiger partial charge in [-0.3, -0.25) is 0 Å². The summed E-state index contributed by atoms with van der Waals surface area (Å²) in [6, 6.07) is 18.5. The molecule has 1 aromatic heterocycles. The molecule has 3 nitrogen and oxygen atoms in total. The number of nitrogens with zero attached hydrogens (tertiary/aromatic N) is 2.